The van der Waals surface area contributed by atoms with Gasteiger partial charge in [-0.15, -0.1) is 11.8 Å². The normalized spacial score (nSPS) is 17.1. The second kappa shape index (κ2) is 7.90. The third-order valence-corrected chi connectivity index (χ3v) is 4.85. The second-order valence-corrected chi connectivity index (χ2v) is 6.51. The minimum atomic E-state index is -0.323. The summed E-state index contributed by atoms with van der Waals surface area (Å²) in [6.07, 6.45) is 3.86. The fourth-order valence-electron chi connectivity index (χ4n) is 2.38. The number of carbonyl (C=O) groups is 2. The summed E-state index contributed by atoms with van der Waals surface area (Å²) >= 11 is 1.48. The van der Waals surface area contributed by atoms with Crippen LogP contribution in [0.2, 0.25) is 0 Å². The first-order valence-corrected chi connectivity index (χ1v) is 8.84. The lowest BCUT2D eigenvalue weighted by Crippen LogP contribution is -2.46. The number of carbonyl (C=O) groups excluding carboxylic acids is 2. The fraction of sp³-hybridized carbons (Fsp3) is 0.158. The van der Waals surface area contributed by atoms with Crippen molar-refractivity contribution in [1.82, 2.24) is 10.4 Å². The molecule has 1 atom stereocenters. The molecule has 5 nitrogen and oxygen atoms in total. The lowest BCUT2D eigenvalue weighted by molar-refractivity contribution is -0.129. The second-order valence-electron chi connectivity index (χ2n) is 5.40. The summed E-state index contributed by atoms with van der Waals surface area (Å²) in [5, 5.41) is 1.16. The molecule has 25 heavy (non-hydrogen) atoms. The van der Waals surface area contributed by atoms with Crippen molar-refractivity contribution >= 4 is 29.7 Å². The molecule has 0 unspecified atom stereocenters. The van der Waals surface area contributed by atoms with E-state index in [1.165, 1.54) is 16.8 Å². The topological polar surface area (TPSA) is 58.6 Å². The maximum Gasteiger partial charge on any atom is 0.269 e. The summed E-state index contributed by atoms with van der Waals surface area (Å²) in [5.74, 6) is 0.575. The number of benzene rings is 2. The Bertz CT molecular complexity index is 775. The van der Waals surface area contributed by atoms with E-state index in [4.69, 9.17) is 4.74 Å². The van der Waals surface area contributed by atoms with Gasteiger partial charge in [-0.2, -0.15) is 0 Å². The first-order valence-electron chi connectivity index (χ1n) is 7.79. The Labute approximate surface area is 150 Å². The van der Waals surface area contributed by atoms with Gasteiger partial charge in [0, 0.05) is 5.56 Å². The lowest BCUT2D eigenvalue weighted by atomic mass is 10.2. The minimum absolute atomic E-state index is 0.116. The molecule has 0 radical (unpaired) electrons. The molecular formula is C19H18N2O3S. The SMILES string of the molecule is COc1ccc(C(=O)NN2C(=O)CS[C@H]2/C=C/c2ccccc2)cc1. The minimum Gasteiger partial charge on any atom is -0.497 e. The third-order valence-electron chi connectivity index (χ3n) is 3.73. The Morgan fingerprint density at radius 3 is 2.60 bits per heavy atom. The first kappa shape index (κ1) is 17.1. The van der Waals surface area contributed by atoms with Crippen LogP contribution in [-0.4, -0.2) is 35.1 Å². The van der Waals surface area contributed by atoms with E-state index >= 15 is 0 Å². The van der Waals surface area contributed by atoms with Crippen molar-refractivity contribution in [2.75, 3.05) is 12.9 Å². The molecule has 0 spiro atoms. The van der Waals surface area contributed by atoms with Gasteiger partial charge in [0.2, 0.25) is 0 Å². The molecule has 1 N–H and O–H groups in total. The zero-order valence-electron chi connectivity index (χ0n) is 13.7. The Hall–Kier alpha value is -2.73. The molecule has 0 aromatic heterocycles. The largest absolute Gasteiger partial charge is 0.497 e. The number of nitrogens with zero attached hydrogens (tertiary/aromatic N) is 1. The smallest absolute Gasteiger partial charge is 0.269 e. The predicted molar refractivity (Wildman–Crippen MR) is 99.0 cm³/mol. The Balaban J connectivity index is 1.69. The van der Waals surface area contributed by atoms with Gasteiger partial charge < -0.3 is 4.74 Å². The van der Waals surface area contributed by atoms with Gasteiger partial charge in [0.15, 0.2) is 0 Å². The summed E-state index contributed by atoms with van der Waals surface area (Å²) < 4.78 is 5.08. The van der Waals surface area contributed by atoms with E-state index in [0.717, 1.165) is 5.56 Å². The molecule has 6 heteroatoms. The van der Waals surface area contributed by atoms with Crippen molar-refractivity contribution in [2.24, 2.45) is 0 Å². The van der Waals surface area contributed by atoms with Crippen molar-refractivity contribution in [3.05, 3.63) is 71.8 Å². The number of methoxy groups -OCH3 is 1. The zero-order valence-corrected chi connectivity index (χ0v) is 14.5. The number of hydrazine groups is 1. The Morgan fingerprint density at radius 2 is 1.92 bits per heavy atom. The molecular weight excluding hydrogens is 336 g/mol. The van der Waals surface area contributed by atoms with Crippen LogP contribution in [0.3, 0.4) is 0 Å². The lowest BCUT2D eigenvalue weighted by Gasteiger charge is -2.22. The van der Waals surface area contributed by atoms with E-state index in [1.807, 2.05) is 42.5 Å². The number of hydrogen-bond donors (Lipinski definition) is 1. The molecule has 0 saturated carbocycles. The number of thioether (sulfide) groups is 1. The van der Waals surface area contributed by atoms with Crippen LogP contribution < -0.4 is 10.2 Å². The molecule has 3 rings (SSSR count). The van der Waals surface area contributed by atoms with Crippen molar-refractivity contribution in [1.29, 1.82) is 0 Å². The van der Waals surface area contributed by atoms with Gasteiger partial charge in [-0.1, -0.05) is 36.4 Å². The van der Waals surface area contributed by atoms with Crippen LogP contribution in [0.5, 0.6) is 5.75 Å². The summed E-state index contributed by atoms with van der Waals surface area (Å²) in [4.78, 5) is 24.5. The number of amides is 2. The highest BCUT2D eigenvalue weighted by Gasteiger charge is 2.31. The van der Waals surface area contributed by atoms with Crippen LogP contribution in [0.1, 0.15) is 15.9 Å². The molecule has 1 aliphatic heterocycles. The maximum absolute atomic E-state index is 12.4. The summed E-state index contributed by atoms with van der Waals surface area (Å²) in [7, 11) is 1.57. The summed E-state index contributed by atoms with van der Waals surface area (Å²) in [6, 6.07) is 16.6. The van der Waals surface area contributed by atoms with E-state index in [2.05, 4.69) is 5.43 Å². The number of rotatable bonds is 5. The highest BCUT2D eigenvalue weighted by molar-refractivity contribution is 8.01. The highest BCUT2D eigenvalue weighted by Crippen LogP contribution is 2.25. The van der Waals surface area contributed by atoms with Gasteiger partial charge in [0.05, 0.1) is 12.9 Å². The van der Waals surface area contributed by atoms with E-state index in [0.29, 0.717) is 17.1 Å². The zero-order chi connectivity index (χ0) is 17.6. The van der Waals surface area contributed by atoms with Gasteiger partial charge in [0.25, 0.3) is 11.8 Å². The van der Waals surface area contributed by atoms with E-state index in [9.17, 15) is 9.59 Å². The van der Waals surface area contributed by atoms with Crippen LogP contribution in [0.15, 0.2) is 60.7 Å². The Kier molecular flexibility index (Phi) is 5.40. The van der Waals surface area contributed by atoms with Gasteiger partial charge in [-0.3, -0.25) is 15.0 Å². The maximum atomic E-state index is 12.4. The van der Waals surface area contributed by atoms with Crippen LogP contribution in [-0.2, 0) is 4.79 Å². The van der Waals surface area contributed by atoms with Crippen LogP contribution in [0.25, 0.3) is 6.08 Å². The van der Waals surface area contributed by atoms with Crippen LogP contribution in [0, 0.1) is 0 Å². The first-order chi connectivity index (χ1) is 12.2. The molecule has 0 aliphatic carbocycles. The average molecular weight is 354 g/mol. The molecule has 1 aliphatic rings. The molecule has 1 heterocycles. The Morgan fingerprint density at radius 1 is 1.20 bits per heavy atom. The molecule has 128 valence electrons. The van der Waals surface area contributed by atoms with E-state index < -0.39 is 0 Å². The predicted octanol–water partition coefficient (Wildman–Crippen LogP) is 2.95. The van der Waals surface area contributed by atoms with Gasteiger partial charge >= 0.3 is 0 Å². The number of hydrogen-bond acceptors (Lipinski definition) is 4. The van der Waals surface area contributed by atoms with Crippen molar-refractivity contribution in [3.63, 3.8) is 0 Å². The quantitative estimate of drug-likeness (QED) is 0.897. The number of ether oxygens (including phenoxy) is 1. The standard InChI is InChI=1S/C19H18N2O3S/c1-24-16-10-8-15(9-11-16)19(23)20-21-17(22)13-25-18(21)12-7-14-5-3-2-4-6-14/h2-12,18H,13H2,1H3,(H,20,23)/b12-7+/t18-/m0/s1. The molecule has 2 aromatic rings. The van der Waals surface area contributed by atoms with Crippen molar-refractivity contribution in [2.45, 2.75) is 5.37 Å². The van der Waals surface area contributed by atoms with Crippen molar-refractivity contribution < 1.29 is 14.3 Å². The molecule has 2 aromatic carbocycles. The average Bonchev–Trinajstić information content (AvgIpc) is 3.00. The monoisotopic (exact) mass is 354 g/mol. The number of nitrogens with one attached hydrogen (secondary N) is 1. The third kappa shape index (κ3) is 4.22. The highest BCUT2D eigenvalue weighted by atomic mass is 32.2. The summed E-state index contributed by atoms with van der Waals surface area (Å²) in [6.45, 7) is 0. The molecule has 2 amide bonds. The van der Waals surface area contributed by atoms with Gasteiger partial charge in [0.1, 0.15) is 11.1 Å². The molecule has 0 bridgehead atoms. The summed E-state index contributed by atoms with van der Waals surface area (Å²) in [5.41, 5.74) is 4.21. The van der Waals surface area contributed by atoms with Gasteiger partial charge in [-0.05, 0) is 35.9 Å². The molecule has 1 fully saturated rings. The van der Waals surface area contributed by atoms with Gasteiger partial charge in [-0.25, -0.2) is 5.01 Å². The van der Waals surface area contributed by atoms with E-state index in [-0.39, 0.29) is 17.2 Å². The molecule has 1 saturated heterocycles. The van der Waals surface area contributed by atoms with E-state index in [1.54, 1.807) is 31.4 Å². The van der Waals surface area contributed by atoms with Crippen LogP contribution in [0.4, 0.5) is 0 Å². The fourth-order valence-corrected chi connectivity index (χ4v) is 3.35. The van der Waals surface area contributed by atoms with Crippen molar-refractivity contribution in [3.8, 4) is 5.75 Å². The van der Waals surface area contributed by atoms with Crippen LogP contribution >= 0.6 is 11.8 Å².